The predicted molar refractivity (Wildman–Crippen MR) is 93.8 cm³/mol. The second-order valence-electron chi connectivity index (χ2n) is 6.59. The van der Waals surface area contributed by atoms with Crippen LogP contribution in [0.25, 0.3) is 0 Å². The van der Waals surface area contributed by atoms with Crippen LogP contribution in [0.15, 0.2) is 24.3 Å². The van der Waals surface area contributed by atoms with Crippen molar-refractivity contribution in [1.29, 1.82) is 5.26 Å². The van der Waals surface area contributed by atoms with Crippen molar-refractivity contribution >= 4 is 17.6 Å². The van der Waals surface area contributed by atoms with Crippen molar-refractivity contribution < 1.29 is 9.59 Å². The van der Waals surface area contributed by atoms with E-state index in [1.165, 1.54) is 0 Å². The summed E-state index contributed by atoms with van der Waals surface area (Å²) in [6.07, 6.45) is 1.64. The molecule has 2 fully saturated rings. The molecule has 0 aromatic heterocycles. The molecule has 0 aliphatic carbocycles. The Morgan fingerprint density at radius 3 is 2.32 bits per heavy atom. The smallest absolute Gasteiger partial charge is 0.314 e. The fourth-order valence-electron chi connectivity index (χ4n) is 3.57. The van der Waals surface area contributed by atoms with Gasteiger partial charge in [-0.15, -0.1) is 0 Å². The molecule has 7 heteroatoms. The Balaban J connectivity index is 1.55. The Bertz CT molecular complexity index is 674. The second kappa shape index (κ2) is 7.43. The number of hydrogen-bond acceptors (Lipinski definition) is 4. The van der Waals surface area contributed by atoms with Crippen molar-refractivity contribution in [3.8, 4) is 6.07 Å². The first-order valence-electron chi connectivity index (χ1n) is 8.67. The minimum atomic E-state index is -0.442. The quantitative estimate of drug-likeness (QED) is 0.868. The topological polar surface area (TPSA) is 93.7 Å². The number of primary amides is 1. The van der Waals surface area contributed by atoms with Gasteiger partial charge in [0.25, 0.3) is 0 Å². The number of carbonyl (C=O) groups is 2. The summed E-state index contributed by atoms with van der Waals surface area (Å²) in [4.78, 5) is 29.8. The molecule has 2 heterocycles. The molecule has 2 N–H and O–H groups in total. The third kappa shape index (κ3) is 3.85. The van der Waals surface area contributed by atoms with Crippen LogP contribution in [0.1, 0.15) is 18.4 Å². The SMILES string of the molecule is N#Cc1ccc(N2CCN(C(=O)[C@H]3CCCN(C(N)=O)C3)CC2)cc1. The van der Waals surface area contributed by atoms with Crippen molar-refractivity contribution in [2.24, 2.45) is 11.7 Å². The van der Waals surface area contributed by atoms with E-state index in [-0.39, 0.29) is 11.8 Å². The highest BCUT2D eigenvalue weighted by Gasteiger charge is 2.32. The lowest BCUT2D eigenvalue weighted by molar-refractivity contribution is -0.137. The van der Waals surface area contributed by atoms with Gasteiger partial charge >= 0.3 is 6.03 Å². The highest BCUT2D eigenvalue weighted by molar-refractivity contribution is 5.81. The molecule has 7 nitrogen and oxygen atoms in total. The highest BCUT2D eigenvalue weighted by Crippen LogP contribution is 2.21. The summed E-state index contributed by atoms with van der Waals surface area (Å²) >= 11 is 0. The molecule has 0 spiro atoms. The van der Waals surface area contributed by atoms with E-state index in [1.807, 2.05) is 29.2 Å². The second-order valence-corrected chi connectivity index (χ2v) is 6.59. The Labute approximate surface area is 147 Å². The monoisotopic (exact) mass is 341 g/mol. The lowest BCUT2D eigenvalue weighted by atomic mass is 9.96. The number of piperidine rings is 1. The van der Waals surface area contributed by atoms with Crippen LogP contribution in [0.5, 0.6) is 0 Å². The van der Waals surface area contributed by atoms with Gasteiger partial charge < -0.3 is 20.4 Å². The van der Waals surface area contributed by atoms with E-state index in [4.69, 9.17) is 11.0 Å². The molecular weight excluding hydrogens is 318 g/mol. The van der Waals surface area contributed by atoms with Crippen molar-refractivity contribution in [2.75, 3.05) is 44.2 Å². The molecule has 25 heavy (non-hydrogen) atoms. The van der Waals surface area contributed by atoms with Crippen molar-refractivity contribution in [3.05, 3.63) is 29.8 Å². The van der Waals surface area contributed by atoms with Gasteiger partial charge in [0, 0.05) is 45.0 Å². The first-order chi connectivity index (χ1) is 12.1. The number of hydrogen-bond donors (Lipinski definition) is 1. The van der Waals surface area contributed by atoms with E-state index in [2.05, 4.69) is 11.0 Å². The van der Waals surface area contributed by atoms with Gasteiger partial charge in [-0.3, -0.25) is 4.79 Å². The summed E-state index contributed by atoms with van der Waals surface area (Å²) < 4.78 is 0. The number of carbonyl (C=O) groups excluding carboxylic acids is 2. The van der Waals surface area contributed by atoms with Crippen LogP contribution in [0, 0.1) is 17.2 Å². The van der Waals surface area contributed by atoms with Crippen LogP contribution >= 0.6 is 0 Å². The molecule has 0 bridgehead atoms. The van der Waals surface area contributed by atoms with Crippen LogP contribution in [-0.4, -0.2) is 61.0 Å². The maximum absolute atomic E-state index is 12.7. The highest BCUT2D eigenvalue weighted by atomic mass is 16.2. The third-order valence-corrected chi connectivity index (χ3v) is 5.04. The zero-order valence-corrected chi connectivity index (χ0v) is 14.2. The Hall–Kier alpha value is -2.75. The largest absolute Gasteiger partial charge is 0.368 e. The Morgan fingerprint density at radius 1 is 1.04 bits per heavy atom. The lowest BCUT2D eigenvalue weighted by Gasteiger charge is -2.39. The standard InChI is InChI=1S/C18H23N5O2/c19-12-14-3-5-16(6-4-14)21-8-10-22(11-9-21)17(24)15-2-1-7-23(13-15)18(20)25/h3-6,15H,1-2,7-11,13H2,(H2,20,25)/t15-/m0/s1. The van der Waals surface area contributed by atoms with Crippen LogP contribution in [-0.2, 0) is 4.79 Å². The van der Waals surface area contributed by atoms with E-state index >= 15 is 0 Å². The van der Waals surface area contributed by atoms with E-state index in [1.54, 1.807) is 4.90 Å². The molecule has 1 aromatic rings. The zero-order chi connectivity index (χ0) is 17.8. The molecule has 3 amide bonds. The number of anilines is 1. The maximum Gasteiger partial charge on any atom is 0.314 e. The van der Waals surface area contributed by atoms with Gasteiger partial charge in [-0.05, 0) is 37.1 Å². The average Bonchev–Trinajstić information content (AvgIpc) is 2.67. The molecule has 0 saturated carbocycles. The number of urea groups is 1. The number of piperazine rings is 1. The van der Waals surface area contributed by atoms with Gasteiger partial charge in [-0.1, -0.05) is 0 Å². The molecule has 3 rings (SSSR count). The van der Waals surface area contributed by atoms with Gasteiger partial charge in [0.15, 0.2) is 0 Å². The summed E-state index contributed by atoms with van der Waals surface area (Å²) in [5, 5.41) is 8.87. The molecule has 2 aliphatic heterocycles. The third-order valence-electron chi connectivity index (χ3n) is 5.04. The zero-order valence-electron chi connectivity index (χ0n) is 14.2. The number of rotatable bonds is 2. The van der Waals surface area contributed by atoms with E-state index in [9.17, 15) is 9.59 Å². The molecule has 2 aliphatic rings. The Kier molecular flexibility index (Phi) is 5.08. The van der Waals surface area contributed by atoms with E-state index in [0.29, 0.717) is 31.7 Å². The van der Waals surface area contributed by atoms with Gasteiger partial charge in [0.2, 0.25) is 5.91 Å². The molecule has 1 aromatic carbocycles. The summed E-state index contributed by atoms with van der Waals surface area (Å²) in [5.41, 5.74) is 7.07. The minimum absolute atomic E-state index is 0.130. The molecular formula is C18H23N5O2. The number of nitrogens with two attached hydrogens (primary N) is 1. The van der Waals surface area contributed by atoms with Crippen LogP contribution in [0.4, 0.5) is 10.5 Å². The van der Waals surface area contributed by atoms with Crippen molar-refractivity contribution in [1.82, 2.24) is 9.80 Å². The molecule has 0 unspecified atom stereocenters. The first kappa shape index (κ1) is 17.1. The molecule has 0 radical (unpaired) electrons. The van der Waals surface area contributed by atoms with Crippen LogP contribution in [0.3, 0.4) is 0 Å². The molecule has 132 valence electrons. The van der Waals surface area contributed by atoms with E-state index < -0.39 is 6.03 Å². The van der Waals surface area contributed by atoms with Crippen LogP contribution < -0.4 is 10.6 Å². The summed E-state index contributed by atoms with van der Waals surface area (Å²) in [6.45, 7) is 3.96. The van der Waals surface area contributed by atoms with Gasteiger partial charge in [-0.2, -0.15) is 5.26 Å². The van der Waals surface area contributed by atoms with E-state index in [0.717, 1.165) is 31.6 Å². The lowest BCUT2D eigenvalue weighted by Crippen LogP contribution is -2.53. The average molecular weight is 341 g/mol. The predicted octanol–water partition coefficient (Wildman–Crippen LogP) is 0.998. The maximum atomic E-state index is 12.7. The fourth-order valence-corrected chi connectivity index (χ4v) is 3.57. The number of nitrogens with zero attached hydrogens (tertiary/aromatic N) is 4. The van der Waals surface area contributed by atoms with Crippen molar-refractivity contribution in [3.63, 3.8) is 0 Å². The number of benzene rings is 1. The summed E-state index contributed by atoms with van der Waals surface area (Å²) in [5.74, 6) is -0.00635. The summed E-state index contributed by atoms with van der Waals surface area (Å²) in [7, 11) is 0. The normalized spacial score (nSPS) is 20.9. The van der Waals surface area contributed by atoms with Gasteiger partial charge in [0.1, 0.15) is 0 Å². The molecule has 2 saturated heterocycles. The minimum Gasteiger partial charge on any atom is -0.368 e. The fraction of sp³-hybridized carbons (Fsp3) is 0.500. The van der Waals surface area contributed by atoms with Crippen molar-refractivity contribution in [2.45, 2.75) is 12.8 Å². The Morgan fingerprint density at radius 2 is 1.72 bits per heavy atom. The summed E-state index contributed by atoms with van der Waals surface area (Å²) in [6, 6.07) is 9.20. The van der Waals surface area contributed by atoms with Gasteiger partial charge in [0.05, 0.1) is 17.6 Å². The molecule has 1 atom stereocenters. The number of nitriles is 1. The van der Waals surface area contributed by atoms with Crippen LogP contribution in [0.2, 0.25) is 0 Å². The number of amides is 3. The number of likely N-dealkylation sites (tertiary alicyclic amines) is 1. The van der Waals surface area contributed by atoms with Gasteiger partial charge in [-0.25, -0.2) is 4.79 Å². The first-order valence-corrected chi connectivity index (χ1v) is 8.67.